The number of hydrogen-bond donors (Lipinski definition) is 3. The summed E-state index contributed by atoms with van der Waals surface area (Å²) in [5.74, 6) is 0. The third kappa shape index (κ3) is 5.47. The molecule has 0 amide bonds. The summed E-state index contributed by atoms with van der Waals surface area (Å²) in [6.07, 6.45) is 4.16. The first-order valence-corrected chi connectivity index (χ1v) is 5.81. The zero-order valence-electron chi connectivity index (χ0n) is 9.48. The van der Waals surface area contributed by atoms with Gasteiger partial charge in [0.25, 0.3) is 0 Å². The second-order valence-corrected chi connectivity index (χ2v) is 4.36. The van der Waals surface area contributed by atoms with Gasteiger partial charge in [0.15, 0.2) is 0 Å². The fourth-order valence-corrected chi connectivity index (χ4v) is 2.01. The molecule has 1 unspecified atom stereocenters. The highest BCUT2D eigenvalue weighted by Crippen LogP contribution is 2.18. The standard InChI is InChI=1S/C11H23NO3/c1-15-8-11(14)6-7-12-9-2-4-10(13)5-3-9/h9-14H,2-8H2,1H3. The summed E-state index contributed by atoms with van der Waals surface area (Å²) < 4.78 is 4.85. The van der Waals surface area contributed by atoms with Gasteiger partial charge in [0.1, 0.15) is 0 Å². The molecule has 0 aromatic rings. The van der Waals surface area contributed by atoms with E-state index < -0.39 is 0 Å². The van der Waals surface area contributed by atoms with Crippen LogP contribution in [0.2, 0.25) is 0 Å². The molecule has 0 aromatic heterocycles. The van der Waals surface area contributed by atoms with Gasteiger partial charge in [-0.15, -0.1) is 0 Å². The van der Waals surface area contributed by atoms with Gasteiger partial charge in [0.05, 0.1) is 18.8 Å². The van der Waals surface area contributed by atoms with E-state index in [4.69, 9.17) is 4.74 Å². The van der Waals surface area contributed by atoms with E-state index >= 15 is 0 Å². The number of methoxy groups -OCH3 is 1. The second kappa shape index (κ2) is 7.17. The number of aliphatic hydroxyl groups excluding tert-OH is 2. The molecule has 4 heteroatoms. The summed E-state index contributed by atoms with van der Waals surface area (Å²) in [6, 6.07) is 0.517. The molecule has 0 aromatic carbocycles. The van der Waals surface area contributed by atoms with E-state index in [-0.39, 0.29) is 12.2 Å². The molecule has 1 rings (SSSR count). The first kappa shape index (κ1) is 12.9. The molecule has 0 bridgehead atoms. The SMILES string of the molecule is COCC(O)CCNC1CCC(O)CC1. The lowest BCUT2D eigenvalue weighted by Gasteiger charge is -2.26. The van der Waals surface area contributed by atoms with Crippen molar-refractivity contribution >= 4 is 0 Å². The van der Waals surface area contributed by atoms with E-state index in [0.29, 0.717) is 12.6 Å². The van der Waals surface area contributed by atoms with Gasteiger partial charge in [0, 0.05) is 13.2 Å². The van der Waals surface area contributed by atoms with Gasteiger partial charge in [-0.2, -0.15) is 0 Å². The highest BCUT2D eigenvalue weighted by molar-refractivity contribution is 4.76. The van der Waals surface area contributed by atoms with Crippen LogP contribution in [0.4, 0.5) is 0 Å². The summed E-state index contributed by atoms with van der Waals surface area (Å²) >= 11 is 0. The number of hydrogen-bond acceptors (Lipinski definition) is 4. The van der Waals surface area contributed by atoms with Crippen LogP contribution >= 0.6 is 0 Å². The molecule has 3 N–H and O–H groups in total. The molecule has 0 heterocycles. The molecule has 0 spiro atoms. The normalized spacial score (nSPS) is 29.0. The van der Waals surface area contributed by atoms with Crippen LogP contribution in [0.15, 0.2) is 0 Å². The molecule has 1 saturated carbocycles. The van der Waals surface area contributed by atoms with Crippen LogP contribution in [0.25, 0.3) is 0 Å². The zero-order chi connectivity index (χ0) is 11.1. The Labute approximate surface area is 91.6 Å². The molecule has 15 heavy (non-hydrogen) atoms. The van der Waals surface area contributed by atoms with Crippen LogP contribution in [0.5, 0.6) is 0 Å². The van der Waals surface area contributed by atoms with Crippen LogP contribution in [0, 0.1) is 0 Å². The summed E-state index contributed by atoms with van der Waals surface area (Å²) in [5.41, 5.74) is 0. The Kier molecular flexibility index (Phi) is 6.17. The third-order valence-electron chi connectivity index (χ3n) is 2.97. The van der Waals surface area contributed by atoms with Crippen LogP contribution in [0.1, 0.15) is 32.1 Å². The van der Waals surface area contributed by atoms with Crippen molar-refractivity contribution in [1.29, 1.82) is 0 Å². The average Bonchev–Trinajstić information content (AvgIpc) is 2.21. The highest BCUT2D eigenvalue weighted by Gasteiger charge is 2.18. The summed E-state index contributed by atoms with van der Waals surface area (Å²) in [6.45, 7) is 1.23. The Morgan fingerprint density at radius 1 is 1.33 bits per heavy atom. The Morgan fingerprint density at radius 3 is 2.60 bits per heavy atom. The average molecular weight is 217 g/mol. The van der Waals surface area contributed by atoms with Gasteiger partial charge in [-0.05, 0) is 38.6 Å². The number of ether oxygens (including phenoxy) is 1. The van der Waals surface area contributed by atoms with Gasteiger partial charge in [0.2, 0.25) is 0 Å². The van der Waals surface area contributed by atoms with E-state index in [1.165, 1.54) is 0 Å². The van der Waals surface area contributed by atoms with Gasteiger partial charge in [-0.25, -0.2) is 0 Å². The van der Waals surface area contributed by atoms with E-state index in [1.54, 1.807) is 7.11 Å². The minimum absolute atomic E-state index is 0.0952. The lowest BCUT2D eigenvalue weighted by Crippen LogP contribution is -2.36. The molecular formula is C11H23NO3. The zero-order valence-corrected chi connectivity index (χ0v) is 9.48. The summed E-state index contributed by atoms with van der Waals surface area (Å²) in [4.78, 5) is 0. The van der Waals surface area contributed by atoms with Crippen molar-refractivity contribution < 1.29 is 14.9 Å². The predicted octanol–water partition coefficient (Wildman–Crippen LogP) is 0.277. The molecule has 1 aliphatic rings. The van der Waals surface area contributed by atoms with E-state index in [2.05, 4.69) is 5.32 Å². The van der Waals surface area contributed by atoms with E-state index in [1.807, 2.05) is 0 Å². The van der Waals surface area contributed by atoms with Crippen molar-refractivity contribution in [3.05, 3.63) is 0 Å². The van der Waals surface area contributed by atoms with Gasteiger partial charge >= 0.3 is 0 Å². The predicted molar refractivity (Wildman–Crippen MR) is 58.8 cm³/mol. The smallest absolute Gasteiger partial charge is 0.0785 e. The van der Waals surface area contributed by atoms with Crippen LogP contribution in [0.3, 0.4) is 0 Å². The van der Waals surface area contributed by atoms with Crippen molar-refractivity contribution in [2.45, 2.75) is 50.4 Å². The quantitative estimate of drug-likeness (QED) is 0.598. The third-order valence-corrected chi connectivity index (χ3v) is 2.97. The molecule has 1 atom stereocenters. The summed E-state index contributed by atoms with van der Waals surface area (Å²) in [7, 11) is 1.60. The lowest BCUT2D eigenvalue weighted by molar-refractivity contribution is 0.0578. The van der Waals surface area contributed by atoms with E-state index in [0.717, 1.165) is 38.6 Å². The summed E-state index contributed by atoms with van der Waals surface area (Å²) in [5, 5.41) is 22.1. The minimum atomic E-state index is -0.364. The topological polar surface area (TPSA) is 61.7 Å². The van der Waals surface area contributed by atoms with Crippen molar-refractivity contribution in [3.63, 3.8) is 0 Å². The van der Waals surface area contributed by atoms with Crippen molar-refractivity contribution in [2.75, 3.05) is 20.3 Å². The maximum absolute atomic E-state index is 9.42. The second-order valence-electron chi connectivity index (χ2n) is 4.36. The molecule has 4 nitrogen and oxygen atoms in total. The molecular weight excluding hydrogens is 194 g/mol. The number of rotatable bonds is 6. The highest BCUT2D eigenvalue weighted by atomic mass is 16.5. The number of aliphatic hydroxyl groups is 2. The minimum Gasteiger partial charge on any atom is -0.393 e. The van der Waals surface area contributed by atoms with Crippen molar-refractivity contribution in [1.82, 2.24) is 5.32 Å². The molecule has 0 saturated heterocycles. The monoisotopic (exact) mass is 217 g/mol. The molecule has 1 fully saturated rings. The molecule has 0 aliphatic heterocycles. The largest absolute Gasteiger partial charge is 0.393 e. The Morgan fingerprint density at radius 2 is 2.00 bits per heavy atom. The maximum atomic E-state index is 9.42. The molecule has 1 aliphatic carbocycles. The van der Waals surface area contributed by atoms with Crippen molar-refractivity contribution in [3.8, 4) is 0 Å². The van der Waals surface area contributed by atoms with Crippen LogP contribution in [-0.2, 0) is 4.74 Å². The molecule has 0 radical (unpaired) electrons. The van der Waals surface area contributed by atoms with Crippen LogP contribution in [-0.4, -0.2) is 48.7 Å². The van der Waals surface area contributed by atoms with Gasteiger partial charge < -0.3 is 20.3 Å². The Bertz CT molecular complexity index is 158. The van der Waals surface area contributed by atoms with Gasteiger partial charge in [-0.1, -0.05) is 0 Å². The fourth-order valence-electron chi connectivity index (χ4n) is 2.01. The van der Waals surface area contributed by atoms with Gasteiger partial charge in [-0.3, -0.25) is 0 Å². The Balaban J connectivity index is 2.00. The lowest BCUT2D eigenvalue weighted by atomic mass is 9.93. The van der Waals surface area contributed by atoms with Crippen LogP contribution < -0.4 is 5.32 Å². The molecule has 90 valence electrons. The maximum Gasteiger partial charge on any atom is 0.0785 e. The number of nitrogens with one attached hydrogen (secondary N) is 1. The fraction of sp³-hybridized carbons (Fsp3) is 1.00. The first-order valence-electron chi connectivity index (χ1n) is 5.81. The van der Waals surface area contributed by atoms with E-state index in [9.17, 15) is 10.2 Å². The van der Waals surface area contributed by atoms with Crippen molar-refractivity contribution in [2.24, 2.45) is 0 Å². The Hall–Kier alpha value is -0.160. The first-order chi connectivity index (χ1) is 7.22.